The fraction of sp³-hybridized carbons (Fsp3) is 0.450. The second kappa shape index (κ2) is 8.66. The van der Waals surface area contributed by atoms with Crippen LogP contribution in [0, 0.1) is 5.82 Å². The second-order valence-electron chi connectivity index (χ2n) is 7.94. The third-order valence-corrected chi connectivity index (χ3v) is 4.30. The number of carbonyl (C=O) groups excluding carboxylic acids is 1. The molecule has 11 heteroatoms. The van der Waals surface area contributed by atoms with Gasteiger partial charge in [0.05, 0.1) is 18.7 Å². The van der Waals surface area contributed by atoms with Gasteiger partial charge in [0.25, 0.3) is 0 Å². The number of aromatic nitrogens is 2. The number of amides is 1. The molecule has 1 N–H and O–H groups in total. The van der Waals surface area contributed by atoms with E-state index in [1.807, 2.05) is 0 Å². The first-order valence-electron chi connectivity index (χ1n) is 9.47. The summed E-state index contributed by atoms with van der Waals surface area (Å²) >= 11 is 0. The number of alkyl halides is 3. The van der Waals surface area contributed by atoms with Crippen molar-refractivity contribution in [3.63, 3.8) is 0 Å². The zero-order chi connectivity index (χ0) is 22.8. The Morgan fingerprint density at radius 1 is 1.23 bits per heavy atom. The van der Waals surface area contributed by atoms with Crippen LogP contribution in [0.4, 0.5) is 34.0 Å². The highest BCUT2D eigenvalue weighted by Crippen LogP contribution is 2.30. The summed E-state index contributed by atoms with van der Waals surface area (Å²) in [7, 11) is 0. The Balaban J connectivity index is 1.68. The minimum Gasteiger partial charge on any atom is -0.444 e. The fourth-order valence-electron chi connectivity index (χ4n) is 2.86. The highest BCUT2D eigenvalue weighted by atomic mass is 19.4. The van der Waals surface area contributed by atoms with Gasteiger partial charge in [-0.2, -0.15) is 13.2 Å². The first-order valence-corrected chi connectivity index (χ1v) is 9.47. The Kier molecular flexibility index (Phi) is 6.35. The third kappa shape index (κ3) is 6.03. The van der Waals surface area contributed by atoms with Crippen molar-refractivity contribution in [2.75, 3.05) is 25.0 Å². The first-order chi connectivity index (χ1) is 14.4. The van der Waals surface area contributed by atoms with Gasteiger partial charge in [0.1, 0.15) is 17.5 Å². The molecule has 0 saturated carbocycles. The standard InChI is InChI=1S/C20H22F4N4O3/c1-19(2,3)31-18(29)28-6-7-30-16(11-28)14-5-4-13(8-15(14)21)27-17-25-9-12(10-26-17)20(22,23)24/h4-5,8-10,16H,6-7,11H2,1-3H3,(H,25,26,27). The molecule has 3 rings (SSSR count). The molecule has 2 aromatic rings. The van der Waals surface area contributed by atoms with E-state index >= 15 is 0 Å². The number of nitrogens with one attached hydrogen (secondary N) is 1. The summed E-state index contributed by atoms with van der Waals surface area (Å²) in [5.74, 6) is -0.710. The lowest BCUT2D eigenvalue weighted by atomic mass is 10.1. The maximum absolute atomic E-state index is 14.7. The molecule has 1 aromatic heterocycles. The van der Waals surface area contributed by atoms with Gasteiger partial charge in [-0.1, -0.05) is 6.07 Å². The minimum atomic E-state index is -4.54. The number of halogens is 4. The van der Waals surface area contributed by atoms with Crippen molar-refractivity contribution < 1.29 is 31.8 Å². The monoisotopic (exact) mass is 442 g/mol. The number of ether oxygens (including phenoxy) is 2. The van der Waals surface area contributed by atoms with Crippen molar-refractivity contribution in [2.45, 2.75) is 38.7 Å². The summed E-state index contributed by atoms with van der Waals surface area (Å²) in [5.41, 5.74) is -1.14. The Hall–Kier alpha value is -2.95. The van der Waals surface area contributed by atoms with Crippen LogP contribution in [0.1, 0.15) is 38.0 Å². The maximum Gasteiger partial charge on any atom is 0.419 e. The number of nitrogens with zero attached hydrogens (tertiary/aromatic N) is 3. The van der Waals surface area contributed by atoms with E-state index in [0.717, 1.165) is 6.07 Å². The van der Waals surface area contributed by atoms with E-state index in [-0.39, 0.29) is 30.4 Å². The molecule has 1 aliphatic heterocycles. The Bertz CT molecular complexity index is 930. The summed E-state index contributed by atoms with van der Waals surface area (Å²) in [6.45, 7) is 5.96. The lowest BCUT2D eigenvalue weighted by Crippen LogP contribution is -2.44. The molecule has 1 unspecified atom stereocenters. The molecule has 1 atom stereocenters. The smallest absolute Gasteiger partial charge is 0.419 e. The predicted octanol–water partition coefficient (Wildman–Crippen LogP) is 4.69. The zero-order valence-electron chi connectivity index (χ0n) is 17.2. The van der Waals surface area contributed by atoms with Crippen LogP contribution >= 0.6 is 0 Å². The molecule has 1 fully saturated rings. The molecule has 1 amide bonds. The lowest BCUT2D eigenvalue weighted by molar-refractivity contribution is -0.138. The predicted molar refractivity (Wildman–Crippen MR) is 103 cm³/mol. The summed E-state index contributed by atoms with van der Waals surface area (Å²) in [6.07, 6.45) is -4.45. The molecule has 1 saturated heterocycles. The van der Waals surface area contributed by atoms with Crippen LogP contribution in [-0.4, -0.2) is 46.3 Å². The van der Waals surface area contributed by atoms with Gasteiger partial charge in [0.15, 0.2) is 0 Å². The van der Waals surface area contributed by atoms with Crippen LogP contribution in [0.5, 0.6) is 0 Å². The molecule has 1 aromatic carbocycles. The lowest BCUT2D eigenvalue weighted by Gasteiger charge is -2.34. The molecule has 0 aliphatic carbocycles. The Labute approximate surface area is 176 Å². The van der Waals surface area contributed by atoms with Crippen LogP contribution in [0.15, 0.2) is 30.6 Å². The molecule has 31 heavy (non-hydrogen) atoms. The molecular weight excluding hydrogens is 420 g/mol. The van der Waals surface area contributed by atoms with Crippen LogP contribution < -0.4 is 5.32 Å². The summed E-state index contributed by atoms with van der Waals surface area (Å²) in [5, 5.41) is 2.65. The first kappa shape index (κ1) is 22.7. The topological polar surface area (TPSA) is 76.6 Å². The van der Waals surface area contributed by atoms with Gasteiger partial charge in [-0.15, -0.1) is 0 Å². The van der Waals surface area contributed by atoms with E-state index in [0.29, 0.717) is 18.9 Å². The van der Waals surface area contributed by atoms with E-state index in [4.69, 9.17) is 9.47 Å². The molecule has 0 bridgehead atoms. The third-order valence-electron chi connectivity index (χ3n) is 4.30. The average molecular weight is 442 g/mol. The van der Waals surface area contributed by atoms with Gasteiger partial charge in [0.2, 0.25) is 5.95 Å². The zero-order valence-corrected chi connectivity index (χ0v) is 17.2. The molecule has 7 nitrogen and oxygen atoms in total. The van der Waals surface area contributed by atoms with Gasteiger partial charge in [-0.25, -0.2) is 19.2 Å². The average Bonchev–Trinajstić information content (AvgIpc) is 2.66. The van der Waals surface area contributed by atoms with E-state index < -0.39 is 35.4 Å². The van der Waals surface area contributed by atoms with Crippen molar-refractivity contribution >= 4 is 17.7 Å². The van der Waals surface area contributed by atoms with Crippen LogP contribution in [0.2, 0.25) is 0 Å². The molecule has 168 valence electrons. The summed E-state index contributed by atoms with van der Waals surface area (Å²) in [4.78, 5) is 20.9. The quantitative estimate of drug-likeness (QED) is 0.696. The van der Waals surface area contributed by atoms with Crippen LogP contribution in [0.3, 0.4) is 0 Å². The minimum absolute atomic E-state index is 0.106. The highest BCUT2D eigenvalue weighted by Gasteiger charge is 2.32. The Morgan fingerprint density at radius 2 is 1.90 bits per heavy atom. The molecular formula is C20H22F4N4O3. The fourth-order valence-corrected chi connectivity index (χ4v) is 2.86. The largest absolute Gasteiger partial charge is 0.444 e. The molecule has 1 aliphatic rings. The highest BCUT2D eigenvalue weighted by molar-refractivity contribution is 5.68. The number of hydrogen-bond acceptors (Lipinski definition) is 6. The van der Waals surface area contributed by atoms with Crippen molar-refractivity contribution in [1.82, 2.24) is 14.9 Å². The van der Waals surface area contributed by atoms with Crippen molar-refractivity contribution in [1.29, 1.82) is 0 Å². The summed E-state index contributed by atoms with van der Waals surface area (Å²) < 4.78 is 63.4. The number of rotatable bonds is 3. The number of hydrogen-bond donors (Lipinski definition) is 1. The van der Waals surface area contributed by atoms with Crippen LogP contribution in [0.25, 0.3) is 0 Å². The second-order valence-corrected chi connectivity index (χ2v) is 7.94. The number of benzene rings is 1. The van der Waals surface area contributed by atoms with E-state index in [2.05, 4.69) is 15.3 Å². The normalized spacial score (nSPS) is 17.4. The van der Waals surface area contributed by atoms with Crippen molar-refractivity contribution in [3.8, 4) is 0 Å². The van der Waals surface area contributed by atoms with E-state index in [1.165, 1.54) is 17.0 Å². The molecule has 0 radical (unpaired) electrons. The van der Waals surface area contributed by atoms with Crippen molar-refractivity contribution in [2.24, 2.45) is 0 Å². The maximum atomic E-state index is 14.7. The van der Waals surface area contributed by atoms with Gasteiger partial charge in [0, 0.05) is 30.2 Å². The van der Waals surface area contributed by atoms with Crippen molar-refractivity contribution in [3.05, 3.63) is 47.5 Å². The molecule has 2 heterocycles. The van der Waals surface area contributed by atoms with Gasteiger partial charge in [-0.3, -0.25) is 0 Å². The van der Waals surface area contributed by atoms with E-state index in [1.54, 1.807) is 20.8 Å². The van der Waals surface area contributed by atoms with Crippen LogP contribution in [-0.2, 0) is 15.7 Å². The van der Waals surface area contributed by atoms with E-state index in [9.17, 15) is 22.4 Å². The molecule has 0 spiro atoms. The summed E-state index contributed by atoms with van der Waals surface area (Å²) in [6, 6.07) is 4.16. The number of morpholine rings is 1. The van der Waals surface area contributed by atoms with Gasteiger partial charge in [-0.05, 0) is 32.9 Å². The number of carbonyl (C=O) groups is 1. The van der Waals surface area contributed by atoms with Gasteiger partial charge < -0.3 is 19.7 Å². The Morgan fingerprint density at radius 3 is 2.48 bits per heavy atom. The number of anilines is 2. The SMILES string of the molecule is CC(C)(C)OC(=O)N1CCOC(c2ccc(Nc3ncc(C(F)(F)F)cn3)cc2F)C1. The van der Waals surface area contributed by atoms with Gasteiger partial charge >= 0.3 is 12.3 Å².